The monoisotopic (exact) mass is 558 g/mol. The predicted octanol–water partition coefficient (Wildman–Crippen LogP) is 4.89. The lowest BCUT2D eigenvalue weighted by Gasteiger charge is -2.11. The van der Waals surface area contributed by atoms with Gasteiger partial charge in [0, 0.05) is 47.4 Å². The molecule has 0 fully saturated rings. The molecule has 2 aromatic heterocycles. The maximum atomic E-state index is 14.0. The van der Waals surface area contributed by atoms with Gasteiger partial charge in [0.2, 0.25) is 5.91 Å². The quantitative estimate of drug-likeness (QED) is 0.296. The topological polar surface area (TPSA) is 117 Å². The summed E-state index contributed by atoms with van der Waals surface area (Å²) in [6, 6.07) is 16.0. The van der Waals surface area contributed by atoms with E-state index in [-0.39, 0.29) is 22.4 Å². The lowest BCUT2D eigenvalue weighted by molar-refractivity contribution is 0.0996. The summed E-state index contributed by atoms with van der Waals surface area (Å²) in [5, 5.41) is 7.46. The van der Waals surface area contributed by atoms with Crippen LogP contribution in [0.3, 0.4) is 0 Å². The third-order valence-electron chi connectivity index (χ3n) is 7.16. The molecular formula is C30H28F2N6O3. The van der Waals surface area contributed by atoms with Crippen LogP contribution in [0.5, 0.6) is 0 Å². The van der Waals surface area contributed by atoms with Crippen LogP contribution < -0.4 is 16.7 Å². The maximum absolute atomic E-state index is 14.0. The number of benzene rings is 3. The lowest BCUT2D eigenvalue weighted by Crippen LogP contribution is -2.21. The van der Waals surface area contributed by atoms with Crippen LogP contribution in [0, 0.1) is 6.92 Å². The van der Waals surface area contributed by atoms with E-state index in [4.69, 9.17) is 5.73 Å². The van der Waals surface area contributed by atoms with Crippen molar-refractivity contribution in [2.75, 3.05) is 5.32 Å². The van der Waals surface area contributed by atoms with Crippen molar-refractivity contribution in [2.24, 2.45) is 19.8 Å². The first-order chi connectivity index (χ1) is 19.5. The SMILES string of the molecule is CCc1c(-c2ccc(-n3c(C)nn(C)c3=O)cc2)n(C)c2cc(C(F)F)cc(C(=O)Nc3cccc(C(N)=O)c3)c12. The van der Waals surface area contributed by atoms with Crippen LogP contribution in [0.25, 0.3) is 27.8 Å². The van der Waals surface area contributed by atoms with Gasteiger partial charge in [-0.3, -0.25) is 9.59 Å². The Morgan fingerprint density at radius 2 is 1.76 bits per heavy atom. The minimum atomic E-state index is -2.80. The first kappa shape index (κ1) is 27.5. The minimum Gasteiger partial charge on any atom is -0.366 e. The molecule has 0 unspecified atom stereocenters. The van der Waals surface area contributed by atoms with Gasteiger partial charge in [0.1, 0.15) is 5.82 Å². The molecule has 41 heavy (non-hydrogen) atoms. The number of fused-ring (bicyclic) bond motifs is 1. The standard InChI is InChI=1S/C30H28F2N6O3/c1-5-22-25-23(29(40)34-20-8-6-7-18(13-20)28(33)39)14-19(27(31)32)15-24(25)36(3)26(22)17-9-11-21(12-10-17)38-16(2)35-37(4)30(38)41/h6-15,27H,5H2,1-4H3,(H2,33,39)(H,34,40). The van der Waals surface area contributed by atoms with Gasteiger partial charge in [0.15, 0.2) is 0 Å². The second-order valence-electron chi connectivity index (χ2n) is 9.74. The van der Waals surface area contributed by atoms with Crippen molar-refractivity contribution < 1.29 is 18.4 Å². The first-order valence-corrected chi connectivity index (χ1v) is 12.9. The highest BCUT2D eigenvalue weighted by molar-refractivity contribution is 6.15. The number of primary amides is 1. The normalized spacial score (nSPS) is 11.4. The molecule has 0 atom stereocenters. The third-order valence-corrected chi connectivity index (χ3v) is 7.16. The van der Waals surface area contributed by atoms with Crippen molar-refractivity contribution in [3.05, 3.63) is 99.2 Å². The fraction of sp³-hybridized carbons (Fsp3) is 0.200. The summed E-state index contributed by atoms with van der Waals surface area (Å²) in [7, 11) is 3.35. The zero-order chi connectivity index (χ0) is 29.6. The summed E-state index contributed by atoms with van der Waals surface area (Å²) in [6.45, 7) is 3.68. The second-order valence-corrected chi connectivity index (χ2v) is 9.74. The number of carbonyl (C=O) groups excluding carboxylic acids is 2. The van der Waals surface area contributed by atoms with Crippen molar-refractivity contribution in [1.82, 2.24) is 18.9 Å². The third kappa shape index (κ3) is 4.79. The number of amides is 2. The van der Waals surface area contributed by atoms with Crippen molar-refractivity contribution in [2.45, 2.75) is 26.7 Å². The van der Waals surface area contributed by atoms with Crippen molar-refractivity contribution >= 4 is 28.4 Å². The van der Waals surface area contributed by atoms with E-state index in [1.54, 1.807) is 49.9 Å². The van der Waals surface area contributed by atoms with E-state index in [0.717, 1.165) is 16.8 Å². The predicted molar refractivity (Wildman–Crippen MR) is 153 cm³/mol. The number of hydrogen-bond acceptors (Lipinski definition) is 4. The maximum Gasteiger partial charge on any atom is 0.350 e. The molecule has 0 spiro atoms. The van der Waals surface area contributed by atoms with Crippen LogP contribution in [0.4, 0.5) is 14.5 Å². The highest BCUT2D eigenvalue weighted by Crippen LogP contribution is 2.38. The van der Waals surface area contributed by atoms with Crippen molar-refractivity contribution in [3.8, 4) is 16.9 Å². The van der Waals surface area contributed by atoms with Gasteiger partial charge in [-0.05, 0) is 66.9 Å². The lowest BCUT2D eigenvalue weighted by atomic mass is 9.97. The van der Waals surface area contributed by atoms with Gasteiger partial charge >= 0.3 is 5.69 Å². The number of rotatable bonds is 7. The van der Waals surface area contributed by atoms with E-state index in [0.29, 0.717) is 34.5 Å². The molecule has 2 heterocycles. The van der Waals surface area contributed by atoms with Crippen LogP contribution in [0.2, 0.25) is 0 Å². The molecule has 11 heteroatoms. The Labute approximate surface area is 233 Å². The molecule has 5 rings (SSSR count). The van der Waals surface area contributed by atoms with E-state index in [9.17, 15) is 23.2 Å². The van der Waals surface area contributed by atoms with Crippen LogP contribution in [0.1, 0.15) is 51.0 Å². The summed E-state index contributed by atoms with van der Waals surface area (Å²) in [4.78, 5) is 37.7. The zero-order valence-electron chi connectivity index (χ0n) is 22.9. The van der Waals surface area contributed by atoms with E-state index >= 15 is 0 Å². The Balaban J connectivity index is 1.66. The van der Waals surface area contributed by atoms with Gasteiger partial charge in [0.25, 0.3) is 12.3 Å². The molecule has 2 amide bonds. The van der Waals surface area contributed by atoms with Gasteiger partial charge in [-0.2, -0.15) is 5.10 Å². The van der Waals surface area contributed by atoms with Gasteiger partial charge in [-0.15, -0.1) is 0 Å². The van der Waals surface area contributed by atoms with Gasteiger partial charge in [-0.1, -0.05) is 25.1 Å². The van der Waals surface area contributed by atoms with E-state index in [2.05, 4.69) is 10.4 Å². The molecular weight excluding hydrogens is 530 g/mol. The molecule has 0 radical (unpaired) electrons. The van der Waals surface area contributed by atoms with Crippen LogP contribution in [-0.2, 0) is 20.5 Å². The number of nitrogens with two attached hydrogens (primary N) is 1. The Morgan fingerprint density at radius 1 is 1.05 bits per heavy atom. The van der Waals surface area contributed by atoms with E-state index in [1.165, 1.54) is 33.5 Å². The number of aryl methyl sites for hydroxylation is 4. The summed E-state index contributed by atoms with van der Waals surface area (Å²) in [5.41, 5.74) is 8.90. The summed E-state index contributed by atoms with van der Waals surface area (Å²) in [5.74, 6) is -0.702. The largest absolute Gasteiger partial charge is 0.366 e. The van der Waals surface area contributed by atoms with Crippen LogP contribution >= 0.6 is 0 Å². The molecule has 9 nitrogen and oxygen atoms in total. The number of anilines is 1. The van der Waals surface area contributed by atoms with Gasteiger partial charge < -0.3 is 15.6 Å². The highest BCUT2D eigenvalue weighted by Gasteiger charge is 2.24. The Hall–Kier alpha value is -5.06. The molecule has 5 aromatic rings. The smallest absolute Gasteiger partial charge is 0.350 e. The van der Waals surface area contributed by atoms with Gasteiger partial charge in [-0.25, -0.2) is 22.8 Å². The molecule has 3 aromatic carbocycles. The number of alkyl halides is 2. The van der Waals surface area contributed by atoms with Crippen LogP contribution in [-0.4, -0.2) is 30.7 Å². The number of halogens is 2. The summed E-state index contributed by atoms with van der Waals surface area (Å²) >= 11 is 0. The Morgan fingerprint density at radius 3 is 2.34 bits per heavy atom. The zero-order valence-corrected chi connectivity index (χ0v) is 22.9. The molecule has 0 aliphatic rings. The highest BCUT2D eigenvalue weighted by atomic mass is 19.3. The molecule has 0 saturated carbocycles. The van der Waals surface area contributed by atoms with Crippen molar-refractivity contribution in [3.63, 3.8) is 0 Å². The van der Waals surface area contributed by atoms with Gasteiger partial charge in [0.05, 0.1) is 11.4 Å². The van der Waals surface area contributed by atoms with E-state index < -0.39 is 18.2 Å². The number of nitrogens with one attached hydrogen (secondary N) is 1. The number of aromatic nitrogens is 4. The summed E-state index contributed by atoms with van der Waals surface area (Å²) in [6.07, 6.45) is -2.28. The minimum absolute atomic E-state index is 0.0927. The Kier molecular flexibility index (Phi) is 7.04. The number of hydrogen-bond donors (Lipinski definition) is 2. The molecule has 3 N–H and O–H groups in total. The fourth-order valence-electron chi connectivity index (χ4n) is 5.29. The van der Waals surface area contributed by atoms with E-state index in [1.807, 2.05) is 19.1 Å². The Bertz CT molecular complexity index is 1880. The number of carbonyl (C=O) groups is 2. The molecule has 0 aliphatic heterocycles. The molecule has 0 bridgehead atoms. The summed E-state index contributed by atoms with van der Waals surface area (Å²) < 4.78 is 32.6. The average molecular weight is 559 g/mol. The molecule has 210 valence electrons. The second kappa shape index (κ2) is 10.5. The molecule has 0 aliphatic carbocycles. The average Bonchev–Trinajstić information content (AvgIpc) is 3.38. The first-order valence-electron chi connectivity index (χ1n) is 12.9. The number of nitrogens with zero attached hydrogens (tertiary/aromatic N) is 4. The van der Waals surface area contributed by atoms with Crippen LogP contribution in [0.15, 0.2) is 65.5 Å². The van der Waals surface area contributed by atoms with Crippen molar-refractivity contribution in [1.29, 1.82) is 0 Å². The molecule has 0 saturated heterocycles. The fourth-order valence-corrected chi connectivity index (χ4v) is 5.29.